The third kappa shape index (κ3) is 2.12. The Morgan fingerprint density at radius 2 is 2.07 bits per heavy atom. The van der Waals surface area contributed by atoms with Gasteiger partial charge in [-0.05, 0) is 13.0 Å². The smallest absolute Gasteiger partial charge is 0.252 e. The molecular weight excluding hydrogens is 307 g/mol. The van der Waals surface area contributed by atoms with Crippen molar-refractivity contribution in [1.29, 1.82) is 0 Å². The maximum Gasteiger partial charge on any atom is 0.252 e. The van der Waals surface area contributed by atoms with Gasteiger partial charge in [-0.25, -0.2) is 15.0 Å². The number of nitrogens with two attached hydrogens (primary N) is 1. The highest BCUT2D eigenvalue weighted by Crippen LogP contribution is 2.11. The fourth-order valence-corrected chi connectivity index (χ4v) is 1.60. The van der Waals surface area contributed by atoms with E-state index in [2.05, 4.69) is 20.1 Å². The summed E-state index contributed by atoms with van der Waals surface area (Å²) < 4.78 is 2.19. The monoisotopic (exact) mass is 316 g/mol. The number of rotatable bonds is 2. The average Bonchev–Trinajstić information content (AvgIpc) is 2.62. The lowest BCUT2D eigenvalue weighted by Crippen LogP contribution is -2.14. The number of hydrogen-bond donors (Lipinski definition) is 1. The molecule has 15 heavy (non-hydrogen) atoms. The Morgan fingerprint density at radius 3 is 2.67 bits per heavy atom. The third-order valence-electron chi connectivity index (χ3n) is 1.76. The molecule has 2 rings (SSSR count). The molecule has 0 aromatic carbocycles. The van der Waals surface area contributed by atoms with Gasteiger partial charge in [0.1, 0.15) is 0 Å². The molecule has 0 saturated carbocycles. The van der Waals surface area contributed by atoms with Crippen molar-refractivity contribution >= 4 is 22.6 Å². The van der Waals surface area contributed by atoms with Crippen molar-refractivity contribution < 1.29 is 0 Å². The van der Waals surface area contributed by atoms with E-state index in [9.17, 15) is 0 Å². The van der Waals surface area contributed by atoms with Crippen molar-refractivity contribution in [3.05, 3.63) is 28.1 Å². The summed E-state index contributed by atoms with van der Waals surface area (Å²) in [7, 11) is 0. The Kier molecular flexibility index (Phi) is 2.91. The van der Waals surface area contributed by atoms with Crippen LogP contribution in [-0.4, -0.2) is 24.7 Å². The highest BCUT2D eigenvalue weighted by molar-refractivity contribution is 14.1. The molecule has 0 amide bonds. The second-order valence-corrected chi connectivity index (χ2v) is 3.95. The van der Waals surface area contributed by atoms with E-state index in [1.54, 1.807) is 23.1 Å². The number of aromatic nitrogens is 5. The van der Waals surface area contributed by atoms with Crippen LogP contribution >= 0.6 is 22.6 Å². The molecule has 0 fully saturated rings. The van der Waals surface area contributed by atoms with Crippen LogP contribution in [0.3, 0.4) is 0 Å². The standard InChI is InChI=1S/C8H9IN6/c1-5(10)6-13-7(9)14-15(6)8-11-3-2-4-12-8/h2-5H,10H2,1H3/t5-/m0/s1. The maximum absolute atomic E-state index is 5.78. The molecule has 0 aliphatic heterocycles. The molecule has 0 spiro atoms. The van der Waals surface area contributed by atoms with Crippen molar-refractivity contribution in [2.75, 3.05) is 0 Å². The summed E-state index contributed by atoms with van der Waals surface area (Å²) in [6.07, 6.45) is 3.31. The average molecular weight is 316 g/mol. The summed E-state index contributed by atoms with van der Waals surface area (Å²) in [5, 5.41) is 4.19. The van der Waals surface area contributed by atoms with Crippen LogP contribution in [-0.2, 0) is 0 Å². The molecule has 0 aliphatic rings. The molecule has 0 saturated heterocycles. The zero-order valence-electron chi connectivity index (χ0n) is 8.00. The zero-order valence-corrected chi connectivity index (χ0v) is 10.2. The van der Waals surface area contributed by atoms with Crippen LogP contribution in [0, 0.1) is 3.83 Å². The topological polar surface area (TPSA) is 82.5 Å². The first-order chi connectivity index (χ1) is 7.18. The summed E-state index contributed by atoms with van der Waals surface area (Å²) in [5.74, 6) is 1.14. The summed E-state index contributed by atoms with van der Waals surface area (Å²) in [6.45, 7) is 1.85. The van der Waals surface area contributed by atoms with Crippen LogP contribution in [0.5, 0.6) is 0 Å². The molecule has 2 aromatic heterocycles. The Hall–Kier alpha value is -1.09. The molecule has 0 unspecified atom stereocenters. The van der Waals surface area contributed by atoms with Gasteiger partial charge in [-0.2, -0.15) is 4.68 Å². The van der Waals surface area contributed by atoms with Crippen LogP contribution < -0.4 is 5.73 Å². The molecule has 78 valence electrons. The van der Waals surface area contributed by atoms with Gasteiger partial charge < -0.3 is 5.73 Å². The highest BCUT2D eigenvalue weighted by atomic mass is 127. The van der Waals surface area contributed by atoms with E-state index in [0.29, 0.717) is 15.6 Å². The first kappa shape index (κ1) is 10.4. The molecule has 7 heteroatoms. The third-order valence-corrected chi connectivity index (χ3v) is 2.21. The molecular formula is C8H9IN6. The lowest BCUT2D eigenvalue weighted by atomic mass is 10.3. The van der Waals surface area contributed by atoms with Crippen molar-refractivity contribution in [2.45, 2.75) is 13.0 Å². The fourth-order valence-electron chi connectivity index (χ4n) is 1.14. The lowest BCUT2D eigenvalue weighted by molar-refractivity contribution is 0.668. The SMILES string of the molecule is C[C@H](N)c1nc(I)nn1-c1ncccn1. The summed E-state index contributed by atoms with van der Waals surface area (Å²) in [4.78, 5) is 12.4. The normalized spacial score (nSPS) is 12.7. The fraction of sp³-hybridized carbons (Fsp3) is 0.250. The highest BCUT2D eigenvalue weighted by Gasteiger charge is 2.14. The largest absolute Gasteiger partial charge is 0.322 e. The first-order valence-electron chi connectivity index (χ1n) is 4.34. The minimum Gasteiger partial charge on any atom is -0.322 e. The molecule has 0 aliphatic carbocycles. The Balaban J connectivity index is 2.53. The predicted octanol–water partition coefficient (Wildman–Crippen LogP) is 0.682. The summed E-state index contributed by atoms with van der Waals surface area (Å²) >= 11 is 2.03. The van der Waals surface area contributed by atoms with Gasteiger partial charge in [0.25, 0.3) is 5.95 Å². The number of hydrogen-bond acceptors (Lipinski definition) is 5. The minimum absolute atomic E-state index is 0.204. The Labute approximate surface area is 100 Å². The van der Waals surface area contributed by atoms with Gasteiger partial charge in [0, 0.05) is 35.0 Å². The molecule has 2 aromatic rings. The van der Waals surface area contributed by atoms with Crippen LogP contribution in [0.2, 0.25) is 0 Å². The van der Waals surface area contributed by atoms with Crippen LogP contribution in [0.1, 0.15) is 18.8 Å². The Morgan fingerprint density at radius 1 is 1.40 bits per heavy atom. The van der Waals surface area contributed by atoms with Gasteiger partial charge in [-0.1, -0.05) is 0 Å². The molecule has 2 heterocycles. The maximum atomic E-state index is 5.78. The lowest BCUT2D eigenvalue weighted by Gasteiger charge is -2.05. The van der Waals surface area contributed by atoms with Crippen LogP contribution in [0.25, 0.3) is 5.95 Å². The van der Waals surface area contributed by atoms with E-state index in [1.165, 1.54) is 0 Å². The van der Waals surface area contributed by atoms with Gasteiger partial charge >= 0.3 is 0 Å². The predicted molar refractivity (Wildman–Crippen MR) is 62.3 cm³/mol. The minimum atomic E-state index is -0.204. The van der Waals surface area contributed by atoms with E-state index in [1.807, 2.05) is 29.5 Å². The van der Waals surface area contributed by atoms with E-state index in [-0.39, 0.29) is 6.04 Å². The quantitative estimate of drug-likeness (QED) is 0.824. The van der Waals surface area contributed by atoms with Crippen LogP contribution in [0.15, 0.2) is 18.5 Å². The van der Waals surface area contributed by atoms with Gasteiger partial charge in [0.05, 0.1) is 6.04 Å². The van der Waals surface area contributed by atoms with E-state index in [4.69, 9.17) is 5.73 Å². The number of nitrogens with zero attached hydrogens (tertiary/aromatic N) is 5. The summed E-state index contributed by atoms with van der Waals surface area (Å²) in [6, 6.07) is 1.54. The van der Waals surface area contributed by atoms with Gasteiger partial charge in [-0.3, -0.25) is 0 Å². The molecule has 0 radical (unpaired) electrons. The molecule has 6 nitrogen and oxygen atoms in total. The van der Waals surface area contributed by atoms with Crippen molar-refractivity contribution in [1.82, 2.24) is 24.7 Å². The second-order valence-electron chi connectivity index (χ2n) is 2.99. The van der Waals surface area contributed by atoms with E-state index < -0.39 is 0 Å². The zero-order chi connectivity index (χ0) is 10.8. The summed E-state index contributed by atoms with van der Waals surface area (Å²) in [5.41, 5.74) is 5.78. The first-order valence-corrected chi connectivity index (χ1v) is 5.42. The molecule has 1 atom stereocenters. The number of halogens is 1. The van der Waals surface area contributed by atoms with Gasteiger partial charge in [-0.15, -0.1) is 5.10 Å². The second kappa shape index (κ2) is 4.19. The van der Waals surface area contributed by atoms with Crippen LogP contribution in [0.4, 0.5) is 0 Å². The van der Waals surface area contributed by atoms with Crippen molar-refractivity contribution in [3.8, 4) is 5.95 Å². The van der Waals surface area contributed by atoms with Gasteiger partial charge in [0.15, 0.2) is 5.82 Å². The Bertz CT molecular complexity index is 451. The van der Waals surface area contributed by atoms with Crippen molar-refractivity contribution in [3.63, 3.8) is 0 Å². The van der Waals surface area contributed by atoms with Gasteiger partial charge in [0.2, 0.25) is 3.83 Å². The van der Waals surface area contributed by atoms with Crippen molar-refractivity contribution in [2.24, 2.45) is 5.73 Å². The van der Waals surface area contributed by atoms with E-state index in [0.717, 1.165) is 0 Å². The molecule has 2 N–H and O–H groups in total. The van der Waals surface area contributed by atoms with E-state index >= 15 is 0 Å². The molecule has 0 bridgehead atoms.